The molecule has 0 bridgehead atoms. The van der Waals surface area contributed by atoms with Gasteiger partial charge in [-0.25, -0.2) is 17.9 Å². The van der Waals surface area contributed by atoms with Gasteiger partial charge in [0.05, 0.1) is 10.3 Å². The first-order chi connectivity index (χ1) is 17.7. The maximum absolute atomic E-state index is 13.0. The number of aromatic nitrogens is 1. The lowest BCUT2D eigenvalue weighted by molar-refractivity contribution is -0.121. The van der Waals surface area contributed by atoms with Crippen molar-refractivity contribution in [3.63, 3.8) is 0 Å². The van der Waals surface area contributed by atoms with Crippen LogP contribution in [0.1, 0.15) is 24.1 Å². The van der Waals surface area contributed by atoms with Crippen LogP contribution in [-0.4, -0.2) is 30.7 Å². The molecule has 2 amide bonds. The molecule has 0 radical (unpaired) electrons. The predicted octanol–water partition coefficient (Wildman–Crippen LogP) is 4.94. The van der Waals surface area contributed by atoms with E-state index in [-0.39, 0.29) is 4.90 Å². The van der Waals surface area contributed by atoms with Crippen LogP contribution in [-0.2, 0) is 20.2 Å². The van der Waals surface area contributed by atoms with Gasteiger partial charge in [-0.05, 0) is 48.6 Å². The molecule has 5 rings (SSSR count). The summed E-state index contributed by atoms with van der Waals surface area (Å²) in [4.78, 5) is 24.1. The summed E-state index contributed by atoms with van der Waals surface area (Å²) < 4.78 is 32.8. The molecule has 188 valence electrons. The summed E-state index contributed by atoms with van der Waals surface area (Å²) in [6.07, 6.45) is -0.0647. The number of benzene rings is 3. The number of hydrogen-bond acceptors (Lipinski definition) is 6. The van der Waals surface area contributed by atoms with Gasteiger partial charge in [-0.2, -0.15) is 0 Å². The fourth-order valence-corrected chi connectivity index (χ4v) is 5.34. The van der Waals surface area contributed by atoms with Gasteiger partial charge in [-0.3, -0.25) is 10.1 Å². The molecular formula is C27H23N3O6S. The first-order valence-corrected chi connectivity index (χ1v) is 13.0. The lowest BCUT2D eigenvalue weighted by Crippen LogP contribution is -2.38. The molecule has 1 saturated carbocycles. The molecule has 1 aromatic heterocycles. The van der Waals surface area contributed by atoms with E-state index in [1.54, 1.807) is 37.3 Å². The Labute approximate surface area is 213 Å². The third-order valence-electron chi connectivity index (χ3n) is 6.48. The molecule has 0 spiro atoms. The van der Waals surface area contributed by atoms with E-state index in [0.717, 1.165) is 16.7 Å². The molecule has 1 aliphatic rings. The molecule has 9 nitrogen and oxygen atoms in total. The monoisotopic (exact) mass is 517 g/mol. The zero-order valence-electron chi connectivity index (χ0n) is 19.8. The number of sulfonamides is 1. The zero-order valence-corrected chi connectivity index (χ0v) is 20.6. The quantitative estimate of drug-likeness (QED) is 0.315. The van der Waals surface area contributed by atoms with Gasteiger partial charge in [0.15, 0.2) is 5.76 Å². The van der Waals surface area contributed by atoms with Gasteiger partial charge in [0.1, 0.15) is 11.4 Å². The fraction of sp³-hybridized carbons (Fsp3) is 0.148. The van der Waals surface area contributed by atoms with Crippen LogP contribution >= 0.6 is 0 Å². The minimum Gasteiger partial charge on any atom is -0.465 e. The fourth-order valence-electron chi connectivity index (χ4n) is 4.27. The maximum atomic E-state index is 13.0. The molecule has 0 atom stereocenters. The van der Waals surface area contributed by atoms with Gasteiger partial charge in [0.2, 0.25) is 5.91 Å². The molecule has 10 heteroatoms. The van der Waals surface area contributed by atoms with Crippen molar-refractivity contribution in [1.82, 2.24) is 9.88 Å². The van der Waals surface area contributed by atoms with Crippen molar-refractivity contribution in [3.05, 3.63) is 90.1 Å². The van der Waals surface area contributed by atoms with Gasteiger partial charge in [-0.15, -0.1) is 0 Å². The normalized spacial score (nSPS) is 14.1. The number of hydrogen-bond donors (Lipinski definition) is 3. The molecular weight excluding hydrogens is 494 g/mol. The van der Waals surface area contributed by atoms with E-state index in [1.165, 1.54) is 12.1 Å². The number of amides is 2. The van der Waals surface area contributed by atoms with Crippen molar-refractivity contribution in [3.8, 4) is 22.5 Å². The van der Waals surface area contributed by atoms with Crippen LogP contribution in [0.5, 0.6) is 0 Å². The van der Waals surface area contributed by atoms with Crippen molar-refractivity contribution >= 4 is 27.7 Å². The Morgan fingerprint density at radius 3 is 2.03 bits per heavy atom. The predicted molar refractivity (Wildman–Crippen MR) is 136 cm³/mol. The Hall–Kier alpha value is -4.44. The van der Waals surface area contributed by atoms with Crippen molar-refractivity contribution < 1.29 is 27.6 Å². The number of rotatable bonds is 7. The Morgan fingerprint density at radius 2 is 1.46 bits per heavy atom. The molecule has 3 N–H and O–H groups in total. The summed E-state index contributed by atoms with van der Waals surface area (Å²) in [5.41, 5.74) is 3.11. The van der Waals surface area contributed by atoms with Crippen LogP contribution in [0.2, 0.25) is 0 Å². The van der Waals surface area contributed by atoms with Crippen LogP contribution in [0, 0.1) is 6.92 Å². The Kier molecular flexibility index (Phi) is 6.04. The molecule has 3 aromatic carbocycles. The van der Waals surface area contributed by atoms with E-state index in [2.05, 4.69) is 15.2 Å². The lowest BCUT2D eigenvalue weighted by Gasteiger charge is -2.16. The third-order valence-corrected chi connectivity index (χ3v) is 7.82. The highest BCUT2D eigenvalue weighted by molar-refractivity contribution is 7.90. The second kappa shape index (κ2) is 9.21. The van der Waals surface area contributed by atoms with E-state index >= 15 is 0 Å². The minimum absolute atomic E-state index is 0.0456. The second-order valence-corrected chi connectivity index (χ2v) is 10.6. The number of nitrogens with zero attached hydrogens (tertiary/aromatic N) is 1. The highest BCUT2D eigenvalue weighted by Crippen LogP contribution is 2.49. The minimum atomic E-state index is -3.95. The summed E-state index contributed by atoms with van der Waals surface area (Å²) in [6.45, 7) is 1.65. The SMILES string of the molecule is Cc1noc(-c2ccc(-c3ccc(C4(C(=O)NS(=O)(=O)c5ccccc5)CC4)cc3)cc2)c1NC(=O)O. The van der Waals surface area contributed by atoms with Crippen molar-refractivity contribution in [2.75, 3.05) is 5.32 Å². The molecule has 1 aliphatic carbocycles. The van der Waals surface area contributed by atoms with Crippen molar-refractivity contribution in [1.29, 1.82) is 0 Å². The van der Waals surface area contributed by atoms with Crippen LogP contribution in [0.15, 0.2) is 88.3 Å². The average Bonchev–Trinajstić information content (AvgIpc) is 3.64. The Balaban J connectivity index is 1.33. The van der Waals surface area contributed by atoms with Gasteiger partial charge < -0.3 is 9.63 Å². The van der Waals surface area contributed by atoms with Crippen LogP contribution in [0.25, 0.3) is 22.5 Å². The highest BCUT2D eigenvalue weighted by Gasteiger charge is 2.52. The van der Waals surface area contributed by atoms with Crippen LogP contribution in [0.4, 0.5) is 10.5 Å². The second-order valence-electron chi connectivity index (χ2n) is 8.89. The summed E-state index contributed by atoms with van der Waals surface area (Å²) >= 11 is 0. The number of carboxylic acid groups (broad SMARTS) is 1. The van der Waals surface area contributed by atoms with E-state index in [9.17, 15) is 18.0 Å². The molecule has 4 aromatic rings. The molecule has 37 heavy (non-hydrogen) atoms. The smallest absolute Gasteiger partial charge is 0.409 e. The van der Waals surface area contributed by atoms with Gasteiger partial charge >= 0.3 is 6.09 Å². The molecule has 0 aliphatic heterocycles. The first-order valence-electron chi connectivity index (χ1n) is 11.5. The summed E-state index contributed by atoms with van der Waals surface area (Å²) in [5.74, 6) is -0.199. The number of carbonyl (C=O) groups is 2. The molecule has 0 unspecified atom stereocenters. The van der Waals surface area contributed by atoms with Gasteiger partial charge in [0, 0.05) is 5.56 Å². The average molecular weight is 518 g/mol. The van der Waals surface area contributed by atoms with Gasteiger partial charge in [0.25, 0.3) is 10.0 Å². The summed E-state index contributed by atoms with van der Waals surface area (Å²) in [6, 6.07) is 22.6. The molecule has 0 saturated heterocycles. The van der Waals surface area contributed by atoms with Crippen molar-refractivity contribution in [2.24, 2.45) is 0 Å². The number of aryl methyl sites for hydroxylation is 1. The van der Waals surface area contributed by atoms with Gasteiger partial charge in [-0.1, -0.05) is 71.9 Å². The zero-order chi connectivity index (χ0) is 26.2. The van der Waals surface area contributed by atoms with Crippen LogP contribution in [0.3, 0.4) is 0 Å². The number of carbonyl (C=O) groups excluding carboxylic acids is 1. The van der Waals surface area contributed by atoms with Crippen LogP contribution < -0.4 is 10.0 Å². The lowest BCUT2D eigenvalue weighted by atomic mass is 9.93. The third kappa shape index (κ3) is 4.70. The number of anilines is 1. The summed E-state index contributed by atoms with van der Waals surface area (Å²) in [5, 5.41) is 15.2. The largest absolute Gasteiger partial charge is 0.465 e. The Bertz CT molecular complexity index is 1570. The standard InChI is InChI=1S/C27H23N3O6S/c1-17-23(28-26(32)33)24(36-29-17)20-9-7-18(8-10-20)19-11-13-21(14-12-19)27(15-16-27)25(31)30-37(34,35)22-5-3-2-4-6-22/h2-14,28H,15-16H2,1H3,(H,30,31)(H,32,33). The maximum Gasteiger partial charge on any atom is 0.409 e. The molecule has 1 heterocycles. The summed E-state index contributed by atoms with van der Waals surface area (Å²) in [7, 11) is -3.95. The van der Waals surface area contributed by atoms with E-state index in [0.29, 0.717) is 35.5 Å². The van der Waals surface area contributed by atoms with Crippen molar-refractivity contribution in [2.45, 2.75) is 30.1 Å². The highest BCUT2D eigenvalue weighted by atomic mass is 32.2. The van der Waals surface area contributed by atoms with E-state index < -0.39 is 27.4 Å². The molecule has 1 fully saturated rings. The topological polar surface area (TPSA) is 139 Å². The van der Waals surface area contributed by atoms with E-state index in [1.807, 2.05) is 36.4 Å². The Morgan fingerprint density at radius 1 is 0.892 bits per heavy atom. The number of nitrogens with one attached hydrogen (secondary N) is 2. The van der Waals surface area contributed by atoms with E-state index in [4.69, 9.17) is 9.63 Å². The first kappa shape index (κ1) is 24.3.